The molecular formula is C16H22ClNO2. The van der Waals surface area contributed by atoms with Crippen molar-refractivity contribution >= 4 is 17.6 Å². The van der Waals surface area contributed by atoms with Crippen molar-refractivity contribution in [1.82, 2.24) is 5.32 Å². The van der Waals surface area contributed by atoms with Gasteiger partial charge in [0.1, 0.15) is 6.61 Å². The number of carbonyl (C=O) groups excluding carboxylic acids is 1. The molecule has 0 aromatic heterocycles. The van der Waals surface area contributed by atoms with Crippen LogP contribution in [-0.4, -0.2) is 19.1 Å². The molecule has 1 aromatic carbocycles. The standard InChI is InChI=1S/C16H22ClNO2/c1-16(2,13-7-5-9-18-10-13)15(19)20-11-12-6-3-4-8-14(12)17/h3-4,6,8,13,18H,5,7,9-11H2,1-2H3. The number of ether oxygens (including phenoxy) is 1. The van der Waals surface area contributed by atoms with E-state index in [0.717, 1.165) is 31.5 Å². The lowest BCUT2D eigenvalue weighted by Crippen LogP contribution is -2.43. The lowest BCUT2D eigenvalue weighted by Gasteiger charge is -2.35. The topological polar surface area (TPSA) is 38.3 Å². The van der Waals surface area contributed by atoms with Crippen molar-refractivity contribution in [2.75, 3.05) is 13.1 Å². The van der Waals surface area contributed by atoms with Gasteiger partial charge in [-0.2, -0.15) is 0 Å². The van der Waals surface area contributed by atoms with Crippen LogP contribution in [0.3, 0.4) is 0 Å². The molecule has 1 aromatic rings. The van der Waals surface area contributed by atoms with Crippen molar-refractivity contribution in [3.63, 3.8) is 0 Å². The number of nitrogens with one attached hydrogen (secondary N) is 1. The second-order valence-electron chi connectivity index (χ2n) is 5.93. The van der Waals surface area contributed by atoms with Gasteiger partial charge in [-0.05, 0) is 51.8 Å². The normalized spacial score (nSPS) is 19.6. The van der Waals surface area contributed by atoms with E-state index in [2.05, 4.69) is 5.32 Å². The van der Waals surface area contributed by atoms with Crippen LogP contribution >= 0.6 is 11.6 Å². The van der Waals surface area contributed by atoms with Crippen molar-refractivity contribution < 1.29 is 9.53 Å². The van der Waals surface area contributed by atoms with E-state index in [4.69, 9.17) is 16.3 Å². The van der Waals surface area contributed by atoms with Crippen LogP contribution in [0.4, 0.5) is 0 Å². The van der Waals surface area contributed by atoms with Crippen molar-refractivity contribution in [2.45, 2.75) is 33.3 Å². The number of hydrogen-bond donors (Lipinski definition) is 1. The number of piperidine rings is 1. The molecule has 1 N–H and O–H groups in total. The molecule has 1 saturated heterocycles. The van der Waals surface area contributed by atoms with Crippen molar-refractivity contribution in [3.05, 3.63) is 34.9 Å². The predicted molar refractivity (Wildman–Crippen MR) is 80.6 cm³/mol. The Morgan fingerprint density at radius 2 is 2.20 bits per heavy atom. The number of rotatable bonds is 4. The fourth-order valence-electron chi connectivity index (χ4n) is 2.58. The van der Waals surface area contributed by atoms with Gasteiger partial charge in [0.2, 0.25) is 0 Å². The average molecular weight is 296 g/mol. The molecule has 1 aliphatic rings. The molecule has 4 heteroatoms. The monoisotopic (exact) mass is 295 g/mol. The van der Waals surface area contributed by atoms with Crippen LogP contribution in [-0.2, 0) is 16.1 Å². The highest BCUT2D eigenvalue weighted by atomic mass is 35.5. The zero-order valence-corrected chi connectivity index (χ0v) is 12.9. The number of halogens is 1. The SMILES string of the molecule is CC(C)(C(=O)OCc1ccccc1Cl)C1CCCNC1. The van der Waals surface area contributed by atoms with Crippen LogP contribution < -0.4 is 5.32 Å². The Labute approximate surface area is 125 Å². The van der Waals surface area contributed by atoms with Gasteiger partial charge in [0.15, 0.2) is 0 Å². The van der Waals surface area contributed by atoms with Gasteiger partial charge in [-0.1, -0.05) is 29.8 Å². The van der Waals surface area contributed by atoms with Crippen LogP contribution in [0.5, 0.6) is 0 Å². The fourth-order valence-corrected chi connectivity index (χ4v) is 2.77. The summed E-state index contributed by atoms with van der Waals surface area (Å²) >= 11 is 6.07. The Hall–Kier alpha value is -1.06. The van der Waals surface area contributed by atoms with Crippen molar-refractivity contribution in [3.8, 4) is 0 Å². The molecule has 0 bridgehead atoms. The minimum absolute atomic E-state index is 0.147. The molecule has 1 unspecified atom stereocenters. The van der Waals surface area contributed by atoms with Crippen LogP contribution in [0.25, 0.3) is 0 Å². The largest absolute Gasteiger partial charge is 0.460 e. The van der Waals surface area contributed by atoms with Crippen LogP contribution in [0, 0.1) is 11.3 Å². The van der Waals surface area contributed by atoms with Gasteiger partial charge in [0, 0.05) is 10.6 Å². The van der Waals surface area contributed by atoms with Crippen LogP contribution in [0.1, 0.15) is 32.3 Å². The Kier molecular flexibility index (Phi) is 5.06. The molecular weight excluding hydrogens is 274 g/mol. The first-order valence-corrected chi connectivity index (χ1v) is 7.51. The van der Waals surface area contributed by atoms with Gasteiger partial charge in [-0.15, -0.1) is 0 Å². The summed E-state index contributed by atoms with van der Waals surface area (Å²) in [6, 6.07) is 7.45. The van der Waals surface area contributed by atoms with Crippen molar-refractivity contribution in [1.29, 1.82) is 0 Å². The molecule has 0 saturated carbocycles. The molecule has 1 heterocycles. The highest BCUT2D eigenvalue weighted by Crippen LogP contribution is 2.33. The van der Waals surface area contributed by atoms with Gasteiger partial charge < -0.3 is 10.1 Å². The highest BCUT2D eigenvalue weighted by molar-refractivity contribution is 6.31. The second-order valence-corrected chi connectivity index (χ2v) is 6.34. The smallest absolute Gasteiger partial charge is 0.312 e. The van der Waals surface area contributed by atoms with E-state index in [1.165, 1.54) is 0 Å². The third-order valence-corrected chi connectivity index (χ3v) is 4.53. The molecule has 0 spiro atoms. The molecule has 0 radical (unpaired) electrons. The summed E-state index contributed by atoms with van der Waals surface area (Å²) in [6.07, 6.45) is 2.19. The molecule has 110 valence electrons. The molecule has 20 heavy (non-hydrogen) atoms. The minimum Gasteiger partial charge on any atom is -0.460 e. The Morgan fingerprint density at radius 1 is 1.45 bits per heavy atom. The third kappa shape index (κ3) is 3.53. The van der Waals surface area contributed by atoms with E-state index >= 15 is 0 Å². The number of esters is 1. The second kappa shape index (κ2) is 6.59. The number of carbonyl (C=O) groups is 1. The first kappa shape index (κ1) is 15.3. The summed E-state index contributed by atoms with van der Waals surface area (Å²) in [6.45, 7) is 6.11. The first-order chi connectivity index (χ1) is 9.51. The van der Waals surface area contributed by atoms with E-state index in [0.29, 0.717) is 10.9 Å². The molecule has 0 amide bonds. The third-order valence-electron chi connectivity index (χ3n) is 4.16. The van der Waals surface area contributed by atoms with E-state index in [1.54, 1.807) is 6.07 Å². The predicted octanol–water partition coefficient (Wildman–Crippen LogP) is 3.41. The summed E-state index contributed by atoms with van der Waals surface area (Å²) in [5, 5.41) is 3.99. The highest BCUT2D eigenvalue weighted by Gasteiger charge is 2.38. The maximum atomic E-state index is 12.4. The lowest BCUT2D eigenvalue weighted by atomic mass is 9.75. The Balaban J connectivity index is 1.95. The summed E-state index contributed by atoms with van der Waals surface area (Å²) in [5.74, 6) is 0.182. The van der Waals surface area contributed by atoms with Gasteiger partial charge in [0.25, 0.3) is 0 Å². The van der Waals surface area contributed by atoms with E-state index in [-0.39, 0.29) is 12.6 Å². The van der Waals surface area contributed by atoms with Crippen LogP contribution in [0.15, 0.2) is 24.3 Å². The summed E-state index contributed by atoms with van der Waals surface area (Å²) < 4.78 is 5.48. The van der Waals surface area contributed by atoms with E-state index in [1.807, 2.05) is 32.0 Å². The average Bonchev–Trinajstić information content (AvgIpc) is 2.47. The summed E-state index contributed by atoms with van der Waals surface area (Å²) in [5.41, 5.74) is 0.384. The van der Waals surface area contributed by atoms with Gasteiger partial charge in [0.05, 0.1) is 5.41 Å². The summed E-state index contributed by atoms with van der Waals surface area (Å²) in [4.78, 5) is 12.4. The number of benzene rings is 1. The minimum atomic E-state index is -0.464. The van der Waals surface area contributed by atoms with Gasteiger partial charge in [-0.25, -0.2) is 0 Å². The molecule has 1 atom stereocenters. The van der Waals surface area contributed by atoms with Gasteiger partial charge in [-0.3, -0.25) is 4.79 Å². The quantitative estimate of drug-likeness (QED) is 0.865. The Morgan fingerprint density at radius 3 is 2.85 bits per heavy atom. The molecule has 1 fully saturated rings. The maximum absolute atomic E-state index is 12.4. The Bertz CT molecular complexity index is 467. The maximum Gasteiger partial charge on any atom is 0.312 e. The van der Waals surface area contributed by atoms with E-state index < -0.39 is 5.41 Å². The van der Waals surface area contributed by atoms with Gasteiger partial charge >= 0.3 is 5.97 Å². The molecule has 1 aliphatic heterocycles. The fraction of sp³-hybridized carbons (Fsp3) is 0.562. The molecule has 2 rings (SSSR count). The first-order valence-electron chi connectivity index (χ1n) is 7.13. The zero-order valence-electron chi connectivity index (χ0n) is 12.1. The zero-order chi connectivity index (χ0) is 14.6. The number of hydrogen-bond acceptors (Lipinski definition) is 3. The lowest BCUT2D eigenvalue weighted by molar-refractivity contribution is -0.159. The van der Waals surface area contributed by atoms with Crippen LogP contribution in [0.2, 0.25) is 5.02 Å². The van der Waals surface area contributed by atoms with E-state index in [9.17, 15) is 4.79 Å². The molecule has 0 aliphatic carbocycles. The summed E-state index contributed by atoms with van der Waals surface area (Å²) in [7, 11) is 0. The van der Waals surface area contributed by atoms with Crippen molar-refractivity contribution in [2.24, 2.45) is 11.3 Å². The molecule has 3 nitrogen and oxygen atoms in total.